The molecule has 0 atom stereocenters. The number of benzene rings is 1. The molecule has 0 amide bonds. The van der Waals surface area contributed by atoms with E-state index in [2.05, 4.69) is 40.5 Å². The van der Waals surface area contributed by atoms with Crippen molar-refractivity contribution < 1.29 is 9.26 Å². The van der Waals surface area contributed by atoms with Crippen LogP contribution in [-0.2, 0) is 6.42 Å². The molecule has 2 saturated carbocycles. The van der Waals surface area contributed by atoms with Crippen LogP contribution >= 0.6 is 0 Å². The lowest BCUT2D eigenvalue weighted by Crippen LogP contribution is -2.42. The molecule has 5 rings (SSSR count). The highest BCUT2D eigenvalue weighted by molar-refractivity contribution is 5.84. The maximum absolute atomic E-state index is 9.79. The van der Waals surface area contributed by atoms with Crippen LogP contribution in [0, 0.1) is 35.5 Å². The summed E-state index contributed by atoms with van der Waals surface area (Å²) < 4.78 is 11.7. The molecule has 6 nitrogen and oxygen atoms in total. The van der Waals surface area contributed by atoms with Gasteiger partial charge in [0.25, 0.3) is 0 Å². The summed E-state index contributed by atoms with van der Waals surface area (Å²) >= 11 is 0. The van der Waals surface area contributed by atoms with E-state index in [-0.39, 0.29) is 5.41 Å². The summed E-state index contributed by atoms with van der Waals surface area (Å²) in [6, 6.07) is 6.91. The fourth-order valence-electron chi connectivity index (χ4n) is 5.73. The van der Waals surface area contributed by atoms with E-state index in [1.54, 1.807) is 0 Å². The fraction of sp³-hybridized carbons (Fsp3) is 0.724. The molecule has 2 aliphatic carbocycles. The highest BCUT2D eigenvalue weighted by atomic mass is 16.5. The Morgan fingerprint density at radius 3 is 2.49 bits per heavy atom. The molecule has 1 N–H and O–H groups in total. The molecule has 3 aliphatic rings. The van der Waals surface area contributed by atoms with Crippen LogP contribution < -0.4 is 10.1 Å². The molecular weight excluding hydrogens is 436 g/mol. The normalized spacial score (nSPS) is 20.7. The van der Waals surface area contributed by atoms with E-state index < -0.39 is 0 Å². The largest absolute Gasteiger partial charge is 0.493 e. The van der Waals surface area contributed by atoms with Crippen molar-refractivity contribution in [1.29, 1.82) is 5.26 Å². The Morgan fingerprint density at radius 1 is 1.11 bits per heavy atom. The highest BCUT2D eigenvalue weighted by Crippen LogP contribution is 2.38. The van der Waals surface area contributed by atoms with Crippen molar-refractivity contribution in [3.63, 3.8) is 0 Å². The third-order valence-electron chi connectivity index (χ3n) is 8.16. The molecule has 3 fully saturated rings. The van der Waals surface area contributed by atoms with Crippen LogP contribution in [0.5, 0.6) is 5.75 Å². The molecular formula is C29H44N4O2. The number of likely N-dealkylation sites (tertiary alicyclic amines) is 1. The molecule has 1 saturated heterocycles. The van der Waals surface area contributed by atoms with E-state index in [0.29, 0.717) is 0 Å². The SMILES string of the molecule is CNC.Cc1c(OCC2CC2)ccc2c(CCC3CCN(CC4(C#N)CCCCC4)CC3)noc12. The Balaban J connectivity index is 0.000000917. The van der Waals surface area contributed by atoms with E-state index in [1.165, 1.54) is 44.9 Å². The van der Waals surface area contributed by atoms with Crippen LogP contribution in [0.15, 0.2) is 16.7 Å². The number of piperidine rings is 1. The molecule has 35 heavy (non-hydrogen) atoms. The quantitative estimate of drug-likeness (QED) is 0.509. The van der Waals surface area contributed by atoms with Gasteiger partial charge >= 0.3 is 0 Å². The number of nitriles is 1. The van der Waals surface area contributed by atoms with Gasteiger partial charge in [-0.05, 0) is 109 Å². The molecule has 1 aromatic carbocycles. The molecule has 0 unspecified atom stereocenters. The molecule has 192 valence electrons. The Hall–Kier alpha value is -2.10. The summed E-state index contributed by atoms with van der Waals surface area (Å²) in [4.78, 5) is 2.56. The molecule has 1 aromatic heterocycles. The Morgan fingerprint density at radius 2 is 1.83 bits per heavy atom. The second kappa shape index (κ2) is 12.2. The Kier molecular flexibility index (Phi) is 9.08. The highest BCUT2D eigenvalue weighted by Gasteiger charge is 2.35. The fourth-order valence-corrected chi connectivity index (χ4v) is 5.73. The number of aryl methyl sites for hydroxylation is 2. The number of hydrogen-bond acceptors (Lipinski definition) is 6. The molecule has 1 aliphatic heterocycles. The van der Waals surface area contributed by atoms with Crippen molar-refractivity contribution >= 4 is 11.0 Å². The van der Waals surface area contributed by atoms with Gasteiger partial charge in [-0.15, -0.1) is 0 Å². The molecule has 0 bridgehead atoms. The van der Waals surface area contributed by atoms with Crippen LogP contribution in [0.25, 0.3) is 11.0 Å². The van der Waals surface area contributed by atoms with E-state index >= 15 is 0 Å². The maximum Gasteiger partial charge on any atom is 0.173 e. The van der Waals surface area contributed by atoms with Gasteiger partial charge in [-0.25, -0.2) is 0 Å². The van der Waals surface area contributed by atoms with Gasteiger partial charge in [0.1, 0.15) is 5.75 Å². The van der Waals surface area contributed by atoms with Crippen LogP contribution in [0.2, 0.25) is 0 Å². The first-order chi connectivity index (χ1) is 17.1. The lowest BCUT2D eigenvalue weighted by atomic mass is 9.74. The average molecular weight is 481 g/mol. The summed E-state index contributed by atoms with van der Waals surface area (Å²) in [5, 5.41) is 18.1. The van der Waals surface area contributed by atoms with E-state index in [1.807, 2.05) is 14.1 Å². The number of rotatable bonds is 8. The summed E-state index contributed by atoms with van der Waals surface area (Å²) in [6.07, 6.45) is 13.1. The lowest BCUT2D eigenvalue weighted by molar-refractivity contribution is 0.112. The standard InChI is InChI=1S/C27H37N3O2.C2H7N/c1-20-25(31-17-22-5-6-22)10-8-23-24(29-32-26(20)23)9-7-21-11-15-30(16-12-21)19-27(18-28)13-3-2-4-14-27;1-3-2/h8,10,21-22H,2-7,9,11-17,19H2,1H3;3H,1-2H3. The van der Waals surface area contributed by atoms with Crippen molar-refractivity contribution in [2.45, 2.75) is 77.6 Å². The number of ether oxygens (including phenoxy) is 1. The van der Waals surface area contributed by atoms with Crippen molar-refractivity contribution in [2.24, 2.45) is 17.3 Å². The van der Waals surface area contributed by atoms with Crippen LogP contribution in [0.4, 0.5) is 0 Å². The predicted molar refractivity (Wildman–Crippen MR) is 141 cm³/mol. The average Bonchev–Trinajstić information content (AvgIpc) is 3.62. The summed E-state index contributed by atoms with van der Waals surface area (Å²) in [6.45, 7) is 6.15. The minimum Gasteiger partial charge on any atom is -0.493 e. The molecule has 0 spiro atoms. The third kappa shape index (κ3) is 6.77. The van der Waals surface area contributed by atoms with Gasteiger partial charge in [0.2, 0.25) is 0 Å². The second-order valence-electron chi connectivity index (χ2n) is 11.2. The Labute approximate surface area is 211 Å². The lowest BCUT2D eigenvalue weighted by Gasteiger charge is -2.39. The number of fused-ring (bicyclic) bond motifs is 1. The van der Waals surface area contributed by atoms with E-state index in [0.717, 1.165) is 91.7 Å². The molecule has 6 heteroatoms. The zero-order valence-corrected chi connectivity index (χ0v) is 22.1. The molecule has 0 radical (unpaired) electrons. The topological polar surface area (TPSA) is 74.3 Å². The monoisotopic (exact) mass is 480 g/mol. The van der Waals surface area contributed by atoms with Gasteiger partial charge in [-0.2, -0.15) is 5.26 Å². The van der Waals surface area contributed by atoms with Crippen LogP contribution in [-0.4, -0.2) is 50.4 Å². The minimum atomic E-state index is -0.0796. The first-order valence-corrected chi connectivity index (χ1v) is 13.8. The smallest absolute Gasteiger partial charge is 0.173 e. The molecule has 2 heterocycles. The first-order valence-electron chi connectivity index (χ1n) is 13.8. The summed E-state index contributed by atoms with van der Waals surface area (Å²) in [7, 11) is 3.75. The van der Waals surface area contributed by atoms with E-state index in [9.17, 15) is 5.26 Å². The summed E-state index contributed by atoms with van der Waals surface area (Å²) in [5.41, 5.74) is 2.97. The molecule has 2 aromatic rings. The van der Waals surface area contributed by atoms with Crippen LogP contribution in [0.1, 0.15) is 75.5 Å². The third-order valence-corrected chi connectivity index (χ3v) is 8.16. The van der Waals surface area contributed by atoms with Gasteiger partial charge < -0.3 is 19.5 Å². The first kappa shape index (κ1) is 26.0. The second-order valence-corrected chi connectivity index (χ2v) is 11.2. The van der Waals surface area contributed by atoms with Crippen molar-refractivity contribution in [3.8, 4) is 11.8 Å². The van der Waals surface area contributed by atoms with Gasteiger partial charge in [0, 0.05) is 17.5 Å². The van der Waals surface area contributed by atoms with Crippen molar-refractivity contribution in [1.82, 2.24) is 15.4 Å². The number of nitrogens with zero attached hydrogens (tertiary/aromatic N) is 3. The van der Waals surface area contributed by atoms with Gasteiger partial charge in [0.15, 0.2) is 5.58 Å². The number of hydrogen-bond donors (Lipinski definition) is 1. The van der Waals surface area contributed by atoms with Crippen LogP contribution in [0.3, 0.4) is 0 Å². The van der Waals surface area contributed by atoms with Gasteiger partial charge in [-0.3, -0.25) is 0 Å². The van der Waals surface area contributed by atoms with Crippen molar-refractivity contribution in [3.05, 3.63) is 23.4 Å². The van der Waals surface area contributed by atoms with Crippen molar-refractivity contribution in [2.75, 3.05) is 40.3 Å². The Bertz CT molecular complexity index is 976. The minimum absolute atomic E-state index is 0.0796. The zero-order valence-electron chi connectivity index (χ0n) is 22.1. The van der Waals surface area contributed by atoms with E-state index in [4.69, 9.17) is 9.26 Å². The number of nitrogens with one attached hydrogen (secondary N) is 1. The van der Waals surface area contributed by atoms with Gasteiger partial charge in [-0.1, -0.05) is 24.4 Å². The maximum atomic E-state index is 9.79. The zero-order chi connectivity index (χ0) is 24.7. The summed E-state index contributed by atoms with van der Waals surface area (Å²) in [5.74, 6) is 2.42. The number of aromatic nitrogens is 1. The van der Waals surface area contributed by atoms with Gasteiger partial charge in [0.05, 0.1) is 23.8 Å². The predicted octanol–water partition coefficient (Wildman–Crippen LogP) is 5.88.